The van der Waals surface area contributed by atoms with Crippen LogP contribution in [-0.2, 0) is 11.3 Å². The minimum Gasteiger partial charge on any atom is -0.495 e. The van der Waals surface area contributed by atoms with Crippen molar-refractivity contribution in [2.45, 2.75) is 25.8 Å². The van der Waals surface area contributed by atoms with Gasteiger partial charge in [-0.2, -0.15) is 0 Å². The lowest BCUT2D eigenvalue weighted by atomic mass is 10.0. The lowest BCUT2D eigenvalue weighted by Gasteiger charge is -2.27. The number of nitrogens with zero attached hydrogens (tertiary/aromatic N) is 2. The number of piperidine rings is 1. The number of fused-ring (bicyclic) bond motifs is 1. The summed E-state index contributed by atoms with van der Waals surface area (Å²) in [6.07, 6.45) is 3.02. The quantitative estimate of drug-likeness (QED) is 0.573. The van der Waals surface area contributed by atoms with Crippen molar-refractivity contribution in [1.29, 1.82) is 0 Å². The number of amides is 2. The van der Waals surface area contributed by atoms with Gasteiger partial charge in [0.25, 0.3) is 11.5 Å². The van der Waals surface area contributed by atoms with Crippen molar-refractivity contribution in [3.63, 3.8) is 0 Å². The fourth-order valence-corrected chi connectivity index (χ4v) is 4.47. The molecule has 34 heavy (non-hydrogen) atoms. The summed E-state index contributed by atoms with van der Waals surface area (Å²) in [6.45, 7) is 1.13. The van der Waals surface area contributed by atoms with E-state index in [1.807, 2.05) is 6.07 Å². The highest BCUT2D eigenvalue weighted by atomic mass is 35.5. The number of halogens is 1. The molecule has 2 aromatic carbocycles. The van der Waals surface area contributed by atoms with Crippen molar-refractivity contribution < 1.29 is 19.1 Å². The van der Waals surface area contributed by atoms with Gasteiger partial charge in [-0.1, -0.05) is 29.8 Å². The number of ether oxygens (including phenoxy) is 2. The van der Waals surface area contributed by atoms with E-state index in [9.17, 15) is 14.4 Å². The first-order chi connectivity index (χ1) is 16.4. The van der Waals surface area contributed by atoms with E-state index >= 15 is 0 Å². The summed E-state index contributed by atoms with van der Waals surface area (Å²) in [5.41, 5.74) is 0.814. The molecule has 0 unspecified atom stereocenters. The standard InChI is InChI=1S/C25H26ClN3O5/c1-33-21-14-22(34-2)19(13-18(21)26)27-23(30)15-29-20-9-5-4-8-16(20)17(12-24(29)31)25(32)28-10-6-3-7-11-28/h4-5,8-9,12-14H,3,6-7,10-11,15H2,1-2H3,(H,27,30). The van der Waals surface area contributed by atoms with Crippen LogP contribution in [-0.4, -0.2) is 48.6 Å². The molecule has 8 nitrogen and oxygen atoms in total. The number of para-hydroxylation sites is 1. The summed E-state index contributed by atoms with van der Waals surface area (Å²) in [4.78, 5) is 40.9. The molecule has 1 saturated heterocycles. The van der Waals surface area contributed by atoms with Crippen LogP contribution in [0.2, 0.25) is 5.02 Å². The van der Waals surface area contributed by atoms with E-state index in [2.05, 4.69) is 5.32 Å². The van der Waals surface area contributed by atoms with Crippen molar-refractivity contribution in [3.8, 4) is 11.5 Å². The highest BCUT2D eigenvalue weighted by molar-refractivity contribution is 6.32. The van der Waals surface area contributed by atoms with E-state index in [-0.39, 0.29) is 12.5 Å². The minimum atomic E-state index is -0.443. The minimum absolute atomic E-state index is 0.151. The van der Waals surface area contributed by atoms with Gasteiger partial charge in [0.1, 0.15) is 18.0 Å². The van der Waals surface area contributed by atoms with Crippen LogP contribution in [0.3, 0.4) is 0 Å². The molecule has 0 spiro atoms. The average Bonchev–Trinajstić information content (AvgIpc) is 2.86. The topological polar surface area (TPSA) is 89.9 Å². The maximum atomic E-state index is 13.2. The second kappa shape index (κ2) is 10.2. The maximum Gasteiger partial charge on any atom is 0.254 e. The number of hydrogen-bond donors (Lipinski definition) is 1. The number of rotatable bonds is 6. The Morgan fingerprint density at radius 1 is 1.00 bits per heavy atom. The first kappa shape index (κ1) is 23.6. The maximum absolute atomic E-state index is 13.2. The molecule has 178 valence electrons. The number of hydrogen-bond acceptors (Lipinski definition) is 5. The van der Waals surface area contributed by atoms with Crippen molar-refractivity contribution in [2.24, 2.45) is 0 Å². The van der Waals surface area contributed by atoms with Gasteiger partial charge in [0, 0.05) is 30.6 Å². The van der Waals surface area contributed by atoms with Crippen molar-refractivity contribution in [1.82, 2.24) is 9.47 Å². The van der Waals surface area contributed by atoms with Crippen LogP contribution in [0.4, 0.5) is 5.69 Å². The molecule has 2 heterocycles. The van der Waals surface area contributed by atoms with Crippen molar-refractivity contribution >= 4 is 40.0 Å². The van der Waals surface area contributed by atoms with E-state index in [1.165, 1.54) is 30.9 Å². The summed E-state index contributed by atoms with van der Waals surface area (Å²) in [7, 11) is 2.95. The summed E-state index contributed by atoms with van der Waals surface area (Å²) in [6, 6.07) is 11.6. The predicted octanol–water partition coefficient (Wildman–Crippen LogP) is 3.94. The molecule has 4 rings (SSSR count). The van der Waals surface area contributed by atoms with E-state index in [4.69, 9.17) is 21.1 Å². The van der Waals surface area contributed by atoms with Gasteiger partial charge in [0.2, 0.25) is 5.91 Å². The normalized spacial score (nSPS) is 13.6. The number of carbonyl (C=O) groups is 2. The van der Waals surface area contributed by atoms with E-state index in [0.29, 0.717) is 51.8 Å². The Bertz CT molecular complexity index is 1300. The van der Waals surface area contributed by atoms with Crippen LogP contribution in [0.5, 0.6) is 11.5 Å². The highest BCUT2D eigenvalue weighted by Crippen LogP contribution is 2.36. The lowest BCUT2D eigenvalue weighted by molar-refractivity contribution is -0.116. The third-order valence-electron chi connectivity index (χ3n) is 5.94. The Labute approximate surface area is 202 Å². The van der Waals surface area contributed by atoms with Crippen molar-refractivity contribution in [3.05, 3.63) is 63.4 Å². The number of nitrogens with one attached hydrogen (secondary N) is 1. The SMILES string of the molecule is COc1cc(OC)c(NC(=O)Cn2c(=O)cc(C(=O)N3CCCCC3)c3ccccc32)cc1Cl. The molecule has 0 atom stereocenters. The van der Waals surface area contributed by atoms with Crippen molar-refractivity contribution in [2.75, 3.05) is 32.6 Å². The van der Waals surface area contributed by atoms with Crippen LogP contribution >= 0.6 is 11.6 Å². The van der Waals surface area contributed by atoms with Crippen LogP contribution in [0.25, 0.3) is 10.9 Å². The van der Waals surface area contributed by atoms with Gasteiger partial charge in [-0.05, 0) is 31.4 Å². The van der Waals surface area contributed by atoms with Crippen LogP contribution in [0, 0.1) is 0 Å². The van der Waals surface area contributed by atoms with E-state index < -0.39 is 11.5 Å². The molecule has 1 aliphatic heterocycles. The molecule has 2 amide bonds. The van der Waals surface area contributed by atoms with Gasteiger partial charge in [-0.25, -0.2) is 0 Å². The third-order valence-corrected chi connectivity index (χ3v) is 6.24. The summed E-state index contributed by atoms with van der Waals surface area (Å²) < 4.78 is 11.9. The smallest absolute Gasteiger partial charge is 0.254 e. The number of aromatic nitrogens is 1. The predicted molar refractivity (Wildman–Crippen MR) is 131 cm³/mol. The molecular formula is C25H26ClN3O5. The summed E-state index contributed by atoms with van der Waals surface area (Å²) in [5, 5.41) is 3.69. The lowest BCUT2D eigenvalue weighted by Crippen LogP contribution is -2.37. The Hall–Kier alpha value is -3.52. The van der Waals surface area contributed by atoms with Gasteiger partial charge < -0.3 is 19.7 Å². The molecule has 0 radical (unpaired) electrons. The molecular weight excluding hydrogens is 458 g/mol. The third kappa shape index (κ3) is 4.72. The molecule has 0 saturated carbocycles. The number of likely N-dealkylation sites (tertiary alicyclic amines) is 1. The molecule has 1 aromatic heterocycles. The van der Waals surface area contributed by atoms with E-state index in [0.717, 1.165) is 19.3 Å². The molecule has 0 bridgehead atoms. The van der Waals surface area contributed by atoms with Gasteiger partial charge in [0.05, 0.1) is 36.0 Å². The largest absolute Gasteiger partial charge is 0.495 e. The molecule has 0 aliphatic carbocycles. The van der Waals surface area contributed by atoms with Crippen LogP contribution in [0.15, 0.2) is 47.3 Å². The number of carbonyl (C=O) groups excluding carboxylic acids is 2. The highest BCUT2D eigenvalue weighted by Gasteiger charge is 2.22. The second-order valence-electron chi connectivity index (χ2n) is 8.09. The molecule has 1 aliphatic rings. The number of benzene rings is 2. The Morgan fingerprint density at radius 3 is 2.41 bits per heavy atom. The number of anilines is 1. The number of pyridine rings is 1. The Kier molecular flexibility index (Phi) is 7.07. The fraction of sp³-hybridized carbons (Fsp3) is 0.320. The molecule has 3 aromatic rings. The van der Waals surface area contributed by atoms with Crippen LogP contribution in [0.1, 0.15) is 29.6 Å². The second-order valence-corrected chi connectivity index (χ2v) is 8.49. The summed E-state index contributed by atoms with van der Waals surface area (Å²) >= 11 is 6.19. The molecule has 1 fully saturated rings. The zero-order valence-electron chi connectivity index (χ0n) is 19.1. The van der Waals surface area contributed by atoms with Gasteiger partial charge in [-0.15, -0.1) is 0 Å². The van der Waals surface area contributed by atoms with Gasteiger partial charge in [0.15, 0.2) is 0 Å². The van der Waals surface area contributed by atoms with Crippen LogP contribution < -0.4 is 20.3 Å². The zero-order chi connectivity index (χ0) is 24.2. The fourth-order valence-electron chi connectivity index (χ4n) is 4.23. The number of methoxy groups -OCH3 is 2. The molecule has 9 heteroatoms. The van der Waals surface area contributed by atoms with E-state index in [1.54, 1.807) is 29.2 Å². The Morgan fingerprint density at radius 2 is 1.71 bits per heavy atom. The van der Waals surface area contributed by atoms with Gasteiger partial charge in [-0.3, -0.25) is 19.0 Å². The average molecular weight is 484 g/mol. The zero-order valence-corrected chi connectivity index (χ0v) is 19.9. The summed E-state index contributed by atoms with van der Waals surface area (Å²) in [5.74, 6) is 0.186. The van der Waals surface area contributed by atoms with Gasteiger partial charge >= 0.3 is 0 Å². The monoisotopic (exact) mass is 483 g/mol. The first-order valence-corrected chi connectivity index (χ1v) is 11.4. The first-order valence-electron chi connectivity index (χ1n) is 11.1. The molecule has 1 N–H and O–H groups in total. The Balaban J connectivity index is 1.65.